The molecule has 0 radical (unpaired) electrons. The Bertz CT molecular complexity index is 2530. The topological polar surface area (TPSA) is 189 Å². The van der Waals surface area contributed by atoms with Crippen LogP contribution in [0.4, 0.5) is 0 Å². The molecular weight excluding hydrogens is 749 g/mol. The predicted molar refractivity (Wildman–Crippen MR) is 223 cm³/mol. The predicted octanol–water partition coefficient (Wildman–Crippen LogP) is 5.55. The SMILES string of the molecule is C/C=C(/C)C(=O)O[C@@H]1Cc2c3c(c4oc(CO)cc(=O)c4c2O)[C@H]2Cc4cc(O)ccc4CC[C@@H](C[C@H](CC4=CNC5N[C@H](C)C=CC5=C4)[C@]1(C)O3)C1=C(N)NCC=C12. The first-order valence-electron chi connectivity index (χ1n) is 20.7. The number of nitrogens with two attached hydrogens (primary N) is 1. The Labute approximate surface area is 342 Å². The van der Waals surface area contributed by atoms with Crippen molar-refractivity contribution in [1.29, 1.82) is 0 Å². The zero-order valence-electron chi connectivity index (χ0n) is 33.9. The highest BCUT2D eigenvalue weighted by Crippen LogP contribution is 2.56. The molecule has 0 spiro atoms. The van der Waals surface area contributed by atoms with Crippen LogP contribution in [0.2, 0.25) is 0 Å². The fourth-order valence-corrected chi connectivity index (χ4v) is 10.2. The summed E-state index contributed by atoms with van der Waals surface area (Å²) < 4.78 is 20.4. The van der Waals surface area contributed by atoms with Crippen LogP contribution in [0.1, 0.15) is 80.9 Å². The highest BCUT2D eigenvalue weighted by molar-refractivity contribution is 5.92. The van der Waals surface area contributed by atoms with Crippen LogP contribution in [-0.4, -0.2) is 51.7 Å². The smallest absolute Gasteiger partial charge is 0.333 e. The van der Waals surface area contributed by atoms with Gasteiger partial charge in [0.15, 0.2) is 5.43 Å². The Morgan fingerprint density at radius 1 is 1.17 bits per heavy atom. The molecule has 8 N–H and O–H groups in total. The number of phenols is 2. The van der Waals surface area contributed by atoms with Gasteiger partial charge in [-0.25, -0.2) is 4.79 Å². The van der Waals surface area contributed by atoms with Crippen LogP contribution in [0.3, 0.4) is 0 Å². The number of benzene rings is 2. The first kappa shape index (κ1) is 38.8. The van der Waals surface area contributed by atoms with Crippen molar-refractivity contribution in [3.05, 3.63) is 133 Å². The summed E-state index contributed by atoms with van der Waals surface area (Å²) in [6, 6.07) is 6.90. The van der Waals surface area contributed by atoms with Crippen LogP contribution in [0.15, 0.2) is 104 Å². The third-order valence-electron chi connectivity index (χ3n) is 13.5. The molecule has 1 aliphatic carbocycles. The largest absolute Gasteiger partial charge is 0.508 e. The fraction of sp³-hybridized carbons (Fsp3) is 0.404. The van der Waals surface area contributed by atoms with Crippen molar-refractivity contribution in [2.75, 3.05) is 6.54 Å². The molecule has 12 nitrogen and oxygen atoms in total. The molecule has 308 valence electrons. The number of nitrogens with one attached hydrogen (secondary N) is 3. The van der Waals surface area contributed by atoms with Gasteiger partial charge in [-0.1, -0.05) is 36.4 Å². The minimum Gasteiger partial charge on any atom is -0.508 e. The van der Waals surface area contributed by atoms with Gasteiger partial charge in [-0.05, 0) is 111 Å². The number of allylic oxidation sites excluding steroid dienone is 5. The van der Waals surface area contributed by atoms with E-state index in [1.807, 2.05) is 13.0 Å². The number of carbonyl (C=O) groups excluding carboxylic acids is 1. The molecule has 6 aliphatic rings. The highest BCUT2D eigenvalue weighted by atomic mass is 16.6. The maximum atomic E-state index is 14.0. The van der Waals surface area contributed by atoms with Crippen LogP contribution >= 0.6 is 0 Å². The number of aliphatic hydroxyl groups excluding tert-OH is 1. The molecule has 0 amide bonds. The molecule has 2 aromatic carbocycles. The van der Waals surface area contributed by atoms with Crippen molar-refractivity contribution >= 4 is 16.9 Å². The van der Waals surface area contributed by atoms with E-state index in [-0.39, 0.29) is 58.7 Å². The van der Waals surface area contributed by atoms with E-state index >= 15 is 0 Å². The van der Waals surface area contributed by atoms with Gasteiger partial charge in [0.05, 0.1) is 0 Å². The molecule has 59 heavy (non-hydrogen) atoms. The van der Waals surface area contributed by atoms with Gasteiger partial charge in [0.1, 0.15) is 64.3 Å². The summed E-state index contributed by atoms with van der Waals surface area (Å²) in [5.41, 5.74) is 12.8. The van der Waals surface area contributed by atoms with Crippen molar-refractivity contribution in [2.45, 2.75) is 103 Å². The summed E-state index contributed by atoms with van der Waals surface area (Å²) >= 11 is 0. The Morgan fingerprint density at radius 2 is 2.00 bits per heavy atom. The number of hydrogen-bond donors (Lipinski definition) is 7. The van der Waals surface area contributed by atoms with Crippen molar-refractivity contribution in [3.63, 3.8) is 0 Å². The number of rotatable bonds is 5. The molecule has 0 fully saturated rings. The average Bonchev–Trinajstić information content (AvgIpc) is 3.27. The third kappa shape index (κ3) is 6.62. The number of aliphatic hydroxyl groups is 1. The molecule has 9 rings (SSSR count). The van der Waals surface area contributed by atoms with E-state index in [0.717, 1.165) is 39.8 Å². The van der Waals surface area contributed by atoms with Gasteiger partial charge < -0.3 is 45.6 Å². The summed E-state index contributed by atoms with van der Waals surface area (Å²) in [7, 11) is 0. The van der Waals surface area contributed by atoms with Crippen molar-refractivity contribution in [2.24, 2.45) is 17.6 Å². The molecule has 3 aromatic rings. The molecule has 12 heteroatoms. The zero-order valence-corrected chi connectivity index (χ0v) is 33.9. The van der Waals surface area contributed by atoms with Gasteiger partial charge in [0, 0.05) is 59.8 Å². The van der Waals surface area contributed by atoms with Gasteiger partial charge in [-0.15, -0.1) is 0 Å². The molecule has 6 heterocycles. The van der Waals surface area contributed by atoms with E-state index in [1.54, 1.807) is 32.1 Å². The van der Waals surface area contributed by atoms with E-state index in [0.29, 0.717) is 60.5 Å². The maximum absolute atomic E-state index is 14.0. The molecule has 1 unspecified atom stereocenters. The number of aryl methyl sites for hydroxylation is 1. The van der Waals surface area contributed by atoms with Crippen LogP contribution < -0.4 is 31.8 Å². The standard InChI is InChI=1S/C47H52N4O8/c1-5-23(2)46(56)58-37-20-35-41(55)40-36(54)19-32(22-52)57-43(40)39-34-18-29-17-31(53)11-10-26(29)8-9-27(38-33(34)12-13-49-44(38)48)16-30(47(37,4)59-42(35)39)15-25-14-28-7-6-24(3)51-45(28)50-21-25/h5-7,10-12,14,17,19,21,24,27,30,34,37,45,49-53,55H,8-9,13,15-16,18,20,22,48H2,1-4H3/b23-5-/t24-,27+,30+,34+,37-,45?,47+/m1/s1. The van der Waals surface area contributed by atoms with E-state index in [9.17, 15) is 24.9 Å². The highest BCUT2D eigenvalue weighted by Gasteiger charge is 2.54. The summed E-state index contributed by atoms with van der Waals surface area (Å²) in [6.45, 7) is 7.52. The molecular formula is C47H52N4O8. The number of aromatic hydroxyl groups is 2. The number of phenolic OH excluding ortho intramolecular Hbond substituents is 2. The summed E-state index contributed by atoms with van der Waals surface area (Å²) in [4.78, 5) is 27.9. The lowest BCUT2D eigenvalue weighted by Gasteiger charge is -2.49. The molecule has 0 saturated heterocycles. The lowest BCUT2D eigenvalue weighted by Crippen LogP contribution is -2.57. The lowest BCUT2D eigenvalue weighted by atomic mass is 9.67. The molecule has 1 aromatic heterocycles. The molecule has 5 aliphatic heterocycles. The first-order valence-corrected chi connectivity index (χ1v) is 20.7. The number of fused-ring (bicyclic) bond motifs is 6. The van der Waals surface area contributed by atoms with Gasteiger partial charge in [-0.2, -0.15) is 0 Å². The zero-order chi connectivity index (χ0) is 41.3. The van der Waals surface area contributed by atoms with Gasteiger partial charge >= 0.3 is 5.97 Å². The van der Waals surface area contributed by atoms with E-state index < -0.39 is 35.6 Å². The molecule has 7 atom stereocenters. The lowest BCUT2D eigenvalue weighted by molar-refractivity contribution is -0.165. The van der Waals surface area contributed by atoms with Crippen LogP contribution in [0.25, 0.3) is 11.0 Å². The van der Waals surface area contributed by atoms with Crippen LogP contribution in [0, 0.1) is 11.8 Å². The summed E-state index contributed by atoms with van der Waals surface area (Å²) in [5.74, 6) is -0.675. The number of esters is 1. The second kappa shape index (κ2) is 14.8. The van der Waals surface area contributed by atoms with Gasteiger partial charge in [0.25, 0.3) is 0 Å². The van der Waals surface area contributed by atoms with E-state index in [2.05, 4.69) is 53.4 Å². The maximum Gasteiger partial charge on any atom is 0.333 e. The number of ether oxygens (including phenoxy) is 2. The van der Waals surface area contributed by atoms with Gasteiger partial charge in [-0.3, -0.25) is 10.1 Å². The molecule has 0 saturated carbocycles. The normalized spacial score (nSPS) is 28.5. The Balaban J connectivity index is 1.35. The van der Waals surface area contributed by atoms with Gasteiger partial charge in [0.2, 0.25) is 0 Å². The first-order chi connectivity index (χ1) is 28.4. The quantitative estimate of drug-likeness (QED) is 0.126. The Hall–Kier alpha value is -5.72. The fourth-order valence-electron chi connectivity index (χ4n) is 10.2. The number of dihydropyridines is 2. The Morgan fingerprint density at radius 3 is 2.80 bits per heavy atom. The van der Waals surface area contributed by atoms with E-state index in [4.69, 9.17) is 19.6 Å². The monoisotopic (exact) mass is 800 g/mol. The van der Waals surface area contributed by atoms with E-state index in [1.165, 1.54) is 6.07 Å². The van der Waals surface area contributed by atoms with Crippen molar-refractivity contribution in [1.82, 2.24) is 16.0 Å². The molecule has 4 bridgehead atoms. The minimum absolute atomic E-state index is 0.0252. The Kier molecular flexibility index (Phi) is 9.75. The summed E-state index contributed by atoms with van der Waals surface area (Å²) in [5, 5.41) is 43.9. The second-order valence-corrected chi connectivity index (χ2v) is 17.1. The van der Waals surface area contributed by atoms with Crippen molar-refractivity contribution in [3.8, 4) is 17.2 Å². The van der Waals surface area contributed by atoms with Crippen molar-refractivity contribution < 1.29 is 34.0 Å². The van der Waals surface area contributed by atoms with Crippen LogP contribution in [0.5, 0.6) is 17.2 Å². The number of carbonyl (C=O) groups is 1. The second-order valence-electron chi connectivity index (χ2n) is 17.1. The average molecular weight is 801 g/mol. The minimum atomic E-state index is -1.19. The third-order valence-corrected chi connectivity index (χ3v) is 13.5. The summed E-state index contributed by atoms with van der Waals surface area (Å²) in [6.07, 6.45) is 14.5. The van der Waals surface area contributed by atoms with Crippen LogP contribution in [-0.2, 0) is 35.4 Å². The number of hydrogen-bond acceptors (Lipinski definition) is 12.